The minimum atomic E-state index is -0.503. The van der Waals surface area contributed by atoms with Crippen molar-refractivity contribution < 1.29 is 9.18 Å². The van der Waals surface area contributed by atoms with Gasteiger partial charge < -0.3 is 11.1 Å². The van der Waals surface area contributed by atoms with E-state index in [1.165, 1.54) is 30.0 Å². The number of nitrogen functional groups attached to an aromatic ring is 1. The van der Waals surface area contributed by atoms with E-state index in [0.29, 0.717) is 10.7 Å². The van der Waals surface area contributed by atoms with E-state index >= 15 is 0 Å². The van der Waals surface area contributed by atoms with Gasteiger partial charge in [-0.3, -0.25) is 4.79 Å². The fourth-order valence-corrected chi connectivity index (χ4v) is 2.63. The number of carbonyl (C=O) groups excluding carboxylic acids is 1. The summed E-state index contributed by atoms with van der Waals surface area (Å²) in [6.07, 6.45) is 0. The lowest BCUT2D eigenvalue weighted by molar-refractivity contribution is -0.115. The highest BCUT2D eigenvalue weighted by atomic mass is 35.5. The molecular formula is C15H14ClFN2OS. The van der Waals surface area contributed by atoms with Gasteiger partial charge in [-0.05, 0) is 49.4 Å². The largest absolute Gasteiger partial charge is 0.396 e. The van der Waals surface area contributed by atoms with Crippen LogP contribution in [0.3, 0.4) is 0 Å². The molecule has 2 aromatic carbocycles. The third-order valence-corrected chi connectivity index (χ3v) is 4.12. The Bertz CT molecular complexity index is 649. The summed E-state index contributed by atoms with van der Waals surface area (Å²) >= 11 is 7.23. The first-order chi connectivity index (χ1) is 9.95. The summed E-state index contributed by atoms with van der Waals surface area (Å²) in [6.45, 7) is 1.79. The molecule has 0 aromatic heterocycles. The zero-order valence-corrected chi connectivity index (χ0v) is 12.8. The number of hydrogen-bond acceptors (Lipinski definition) is 3. The first kappa shape index (κ1) is 15.7. The van der Waals surface area contributed by atoms with E-state index < -0.39 is 5.82 Å². The van der Waals surface area contributed by atoms with E-state index in [1.807, 2.05) is 12.1 Å². The van der Waals surface area contributed by atoms with Crippen LogP contribution in [0.15, 0.2) is 47.4 Å². The fourth-order valence-electron chi connectivity index (χ4n) is 1.64. The zero-order chi connectivity index (χ0) is 15.4. The molecule has 0 aliphatic carbocycles. The molecule has 0 spiro atoms. The number of rotatable bonds is 4. The predicted octanol–water partition coefficient (Wildman–Crippen LogP) is 4.18. The normalized spacial score (nSPS) is 12.0. The number of nitrogens with two attached hydrogens (primary N) is 1. The van der Waals surface area contributed by atoms with Crippen molar-refractivity contribution in [3.05, 3.63) is 53.3 Å². The standard InChI is InChI=1S/C15H14ClFN2OS/c1-9(21-12-5-2-10(16)3-6-12)15(20)19-11-4-7-13(17)14(18)8-11/h2-9H,18H2,1H3,(H,19,20). The number of anilines is 2. The van der Waals surface area contributed by atoms with Crippen LogP contribution in [0.25, 0.3) is 0 Å². The van der Waals surface area contributed by atoms with Crippen LogP contribution in [0.1, 0.15) is 6.92 Å². The number of thioether (sulfide) groups is 1. The molecular weight excluding hydrogens is 311 g/mol. The average molecular weight is 325 g/mol. The van der Waals surface area contributed by atoms with Gasteiger partial charge in [0.05, 0.1) is 10.9 Å². The summed E-state index contributed by atoms with van der Waals surface area (Å²) in [5, 5.41) is 3.05. The summed E-state index contributed by atoms with van der Waals surface area (Å²) < 4.78 is 13.1. The molecule has 0 saturated carbocycles. The Labute approximate surface area is 131 Å². The molecule has 0 fully saturated rings. The summed E-state index contributed by atoms with van der Waals surface area (Å²) in [4.78, 5) is 13.0. The van der Waals surface area contributed by atoms with Gasteiger partial charge in [-0.25, -0.2) is 4.39 Å². The van der Waals surface area contributed by atoms with E-state index in [0.717, 1.165) is 4.90 Å². The third-order valence-electron chi connectivity index (χ3n) is 2.76. The van der Waals surface area contributed by atoms with Crippen molar-refractivity contribution in [1.82, 2.24) is 0 Å². The van der Waals surface area contributed by atoms with Crippen molar-refractivity contribution in [3.63, 3.8) is 0 Å². The van der Waals surface area contributed by atoms with Crippen LogP contribution >= 0.6 is 23.4 Å². The first-order valence-electron chi connectivity index (χ1n) is 6.24. The SMILES string of the molecule is CC(Sc1ccc(Cl)cc1)C(=O)Nc1ccc(F)c(N)c1. The predicted molar refractivity (Wildman–Crippen MR) is 86.2 cm³/mol. The minimum absolute atomic E-state index is 0.00538. The lowest BCUT2D eigenvalue weighted by Crippen LogP contribution is -2.22. The van der Waals surface area contributed by atoms with Crippen LogP contribution in [0.5, 0.6) is 0 Å². The quantitative estimate of drug-likeness (QED) is 0.655. The molecule has 21 heavy (non-hydrogen) atoms. The molecule has 3 nitrogen and oxygen atoms in total. The van der Waals surface area contributed by atoms with Crippen LogP contribution in [0.2, 0.25) is 5.02 Å². The van der Waals surface area contributed by atoms with Crippen molar-refractivity contribution in [2.45, 2.75) is 17.1 Å². The zero-order valence-electron chi connectivity index (χ0n) is 11.3. The van der Waals surface area contributed by atoms with Crippen molar-refractivity contribution >= 4 is 40.6 Å². The second-order valence-corrected chi connectivity index (χ2v) is 6.29. The molecule has 0 aliphatic heterocycles. The van der Waals surface area contributed by atoms with Gasteiger partial charge in [-0.2, -0.15) is 0 Å². The van der Waals surface area contributed by atoms with Gasteiger partial charge in [0, 0.05) is 15.6 Å². The Hall–Kier alpha value is -1.72. The highest BCUT2D eigenvalue weighted by Crippen LogP contribution is 2.26. The van der Waals surface area contributed by atoms with E-state index in [1.54, 1.807) is 19.1 Å². The minimum Gasteiger partial charge on any atom is -0.396 e. The van der Waals surface area contributed by atoms with Crippen LogP contribution in [0.4, 0.5) is 15.8 Å². The summed E-state index contributed by atoms with van der Waals surface area (Å²) in [6, 6.07) is 11.3. The van der Waals surface area contributed by atoms with E-state index in [9.17, 15) is 9.18 Å². The van der Waals surface area contributed by atoms with Gasteiger partial charge in [-0.1, -0.05) is 11.6 Å². The van der Waals surface area contributed by atoms with Gasteiger partial charge in [0.25, 0.3) is 0 Å². The number of amides is 1. The van der Waals surface area contributed by atoms with E-state index in [2.05, 4.69) is 5.32 Å². The van der Waals surface area contributed by atoms with Gasteiger partial charge >= 0.3 is 0 Å². The number of benzene rings is 2. The molecule has 0 bridgehead atoms. The third kappa shape index (κ3) is 4.37. The number of hydrogen-bond donors (Lipinski definition) is 2. The first-order valence-corrected chi connectivity index (χ1v) is 7.49. The van der Waals surface area contributed by atoms with Crippen LogP contribution < -0.4 is 11.1 Å². The number of halogens is 2. The maximum absolute atomic E-state index is 13.1. The van der Waals surface area contributed by atoms with Crippen LogP contribution in [0, 0.1) is 5.82 Å². The summed E-state index contributed by atoms with van der Waals surface area (Å²) in [7, 11) is 0. The van der Waals surface area contributed by atoms with Gasteiger partial charge in [-0.15, -0.1) is 11.8 Å². The molecule has 0 saturated heterocycles. The van der Waals surface area contributed by atoms with Crippen molar-refractivity contribution in [1.29, 1.82) is 0 Å². The molecule has 2 aromatic rings. The molecule has 0 radical (unpaired) electrons. The lowest BCUT2D eigenvalue weighted by Gasteiger charge is -2.12. The molecule has 110 valence electrons. The highest BCUT2D eigenvalue weighted by molar-refractivity contribution is 8.00. The molecule has 0 aliphatic rings. The van der Waals surface area contributed by atoms with Gasteiger partial charge in [0.1, 0.15) is 5.82 Å². The van der Waals surface area contributed by atoms with Crippen molar-refractivity contribution in [3.8, 4) is 0 Å². The van der Waals surface area contributed by atoms with Crippen molar-refractivity contribution in [2.24, 2.45) is 0 Å². The topological polar surface area (TPSA) is 55.1 Å². The Morgan fingerprint density at radius 2 is 1.95 bits per heavy atom. The monoisotopic (exact) mass is 324 g/mol. The average Bonchev–Trinajstić information content (AvgIpc) is 2.45. The summed E-state index contributed by atoms with van der Waals surface area (Å²) in [5.74, 6) is -0.683. The molecule has 1 unspecified atom stereocenters. The second kappa shape index (κ2) is 6.83. The van der Waals surface area contributed by atoms with Gasteiger partial charge in [0.15, 0.2) is 0 Å². The maximum atomic E-state index is 13.1. The number of nitrogens with one attached hydrogen (secondary N) is 1. The Morgan fingerprint density at radius 3 is 2.57 bits per heavy atom. The van der Waals surface area contributed by atoms with Crippen LogP contribution in [-0.4, -0.2) is 11.2 Å². The Morgan fingerprint density at radius 1 is 1.29 bits per heavy atom. The second-order valence-electron chi connectivity index (χ2n) is 4.44. The smallest absolute Gasteiger partial charge is 0.237 e. The lowest BCUT2D eigenvalue weighted by atomic mass is 10.2. The fraction of sp³-hybridized carbons (Fsp3) is 0.133. The molecule has 2 rings (SSSR count). The Kier molecular flexibility index (Phi) is 5.09. The molecule has 1 amide bonds. The van der Waals surface area contributed by atoms with E-state index in [4.69, 9.17) is 17.3 Å². The van der Waals surface area contributed by atoms with Crippen LogP contribution in [-0.2, 0) is 4.79 Å². The van der Waals surface area contributed by atoms with E-state index in [-0.39, 0.29) is 16.8 Å². The van der Waals surface area contributed by atoms with Gasteiger partial charge in [0.2, 0.25) is 5.91 Å². The summed E-state index contributed by atoms with van der Waals surface area (Å²) in [5.41, 5.74) is 5.95. The highest BCUT2D eigenvalue weighted by Gasteiger charge is 2.15. The van der Waals surface area contributed by atoms with Crippen molar-refractivity contribution in [2.75, 3.05) is 11.1 Å². The molecule has 3 N–H and O–H groups in total. The molecule has 0 heterocycles. The number of carbonyl (C=O) groups is 1. The molecule has 1 atom stereocenters. The molecule has 6 heteroatoms. The Balaban J connectivity index is 1.98. The maximum Gasteiger partial charge on any atom is 0.237 e.